The van der Waals surface area contributed by atoms with Gasteiger partial charge in [-0.1, -0.05) is 6.92 Å². The van der Waals surface area contributed by atoms with E-state index < -0.39 is 0 Å². The van der Waals surface area contributed by atoms with Crippen LogP contribution in [0.5, 0.6) is 0 Å². The predicted molar refractivity (Wildman–Crippen MR) is 74.4 cm³/mol. The summed E-state index contributed by atoms with van der Waals surface area (Å²) in [6.07, 6.45) is 2.78. The zero-order valence-corrected chi connectivity index (χ0v) is 12.1. The maximum atomic E-state index is 12.3. The number of halogens is 1. The average Bonchev–Trinajstić information content (AvgIpc) is 2.38. The van der Waals surface area contributed by atoms with Crippen molar-refractivity contribution in [3.63, 3.8) is 0 Å². The van der Waals surface area contributed by atoms with Crippen molar-refractivity contribution in [2.24, 2.45) is 0 Å². The normalized spacial score (nSPS) is 20.4. The van der Waals surface area contributed by atoms with Crippen LogP contribution in [0.2, 0.25) is 0 Å². The number of pyridine rings is 1. The maximum absolute atomic E-state index is 12.3. The largest absolute Gasteiger partial charge is 0.337 e. The first kappa shape index (κ1) is 12.9. The third-order valence-corrected chi connectivity index (χ3v) is 4.66. The van der Waals surface area contributed by atoms with E-state index in [-0.39, 0.29) is 5.91 Å². The number of hydrogen-bond acceptors (Lipinski definition) is 3. The van der Waals surface area contributed by atoms with Crippen LogP contribution < -0.4 is 0 Å². The van der Waals surface area contributed by atoms with Crippen molar-refractivity contribution in [1.29, 1.82) is 0 Å². The molecule has 1 saturated heterocycles. The lowest BCUT2D eigenvalue weighted by molar-refractivity contribution is 0.0760. The molecule has 1 unspecified atom stereocenters. The second-order valence-electron chi connectivity index (χ2n) is 4.02. The Bertz CT molecular complexity index is 413. The van der Waals surface area contributed by atoms with Crippen LogP contribution in [0.4, 0.5) is 0 Å². The van der Waals surface area contributed by atoms with E-state index in [1.54, 1.807) is 18.3 Å². The fourth-order valence-electron chi connectivity index (χ4n) is 1.87. The average molecular weight is 315 g/mol. The van der Waals surface area contributed by atoms with Gasteiger partial charge in [0, 0.05) is 35.9 Å². The molecule has 1 atom stereocenters. The van der Waals surface area contributed by atoms with E-state index >= 15 is 0 Å². The Morgan fingerprint density at radius 1 is 1.71 bits per heavy atom. The molecule has 17 heavy (non-hydrogen) atoms. The molecule has 1 aliphatic rings. The molecular formula is C12H15BrN2OS. The molecule has 1 aromatic rings. The molecule has 2 rings (SSSR count). The Labute approximate surface area is 114 Å². The van der Waals surface area contributed by atoms with Crippen LogP contribution >= 0.6 is 27.7 Å². The van der Waals surface area contributed by atoms with Crippen LogP contribution in [0.25, 0.3) is 0 Å². The standard InChI is InChI=1S/C12H15BrN2OS/c1-2-10-8-15(5-6-17-10)12(16)9-3-4-14-11(13)7-9/h3-4,7,10H,2,5-6,8H2,1H3. The third-order valence-electron chi connectivity index (χ3n) is 2.85. The smallest absolute Gasteiger partial charge is 0.254 e. The molecule has 0 bridgehead atoms. The summed E-state index contributed by atoms with van der Waals surface area (Å²) in [5, 5.41) is 0.581. The van der Waals surface area contributed by atoms with E-state index in [0.717, 1.165) is 25.3 Å². The lowest BCUT2D eigenvalue weighted by Crippen LogP contribution is -2.41. The molecule has 1 amide bonds. The molecular weight excluding hydrogens is 300 g/mol. The Kier molecular flexibility index (Phi) is 4.45. The first-order valence-electron chi connectivity index (χ1n) is 5.73. The number of aromatic nitrogens is 1. The van der Waals surface area contributed by atoms with Gasteiger partial charge in [-0.05, 0) is 34.5 Å². The number of carbonyl (C=O) groups is 1. The van der Waals surface area contributed by atoms with Crippen LogP contribution in [-0.2, 0) is 0 Å². The highest BCUT2D eigenvalue weighted by Crippen LogP contribution is 2.22. The van der Waals surface area contributed by atoms with Crippen molar-refractivity contribution >= 4 is 33.6 Å². The van der Waals surface area contributed by atoms with E-state index in [2.05, 4.69) is 27.8 Å². The summed E-state index contributed by atoms with van der Waals surface area (Å²) in [5.41, 5.74) is 0.716. The van der Waals surface area contributed by atoms with Crippen molar-refractivity contribution < 1.29 is 4.79 Å². The summed E-state index contributed by atoms with van der Waals surface area (Å²) in [4.78, 5) is 18.3. The molecule has 92 valence electrons. The van der Waals surface area contributed by atoms with E-state index in [1.165, 1.54) is 0 Å². The molecule has 2 heterocycles. The molecule has 0 radical (unpaired) electrons. The van der Waals surface area contributed by atoms with Crippen LogP contribution in [0, 0.1) is 0 Å². The summed E-state index contributed by atoms with van der Waals surface area (Å²) in [7, 11) is 0. The number of thioether (sulfide) groups is 1. The zero-order chi connectivity index (χ0) is 12.3. The molecule has 3 nitrogen and oxygen atoms in total. The van der Waals surface area contributed by atoms with Gasteiger partial charge in [0.2, 0.25) is 0 Å². The van der Waals surface area contributed by atoms with Gasteiger partial charge >= 0.3 is 0 Å². The molecule has 5 heteroatoms. The Balaban J connectivity index is 2.09. The van der Waals surface area contributed by atoms with Crippen molar-refractivity contribution in [2.45, 2.75) is 18.6 Å². The molecule has 1 fully saturated rings. The fourth-order valence-corrected chi connectivity index (χ4v) is 3.41. The highest BCUT2D eigenvalue weighted by Gasteiger charge is 2.23. The van der Waals surface area contributed by atoms with Crippen molar-refractivity contribution in [1.82, 2.24) is 9.88 Å². The van der Waals surface area contributed by atoms with Crippen LogP contribution in [0.15, 0.2) is 22.9 Å². The van der Waals surface area contributed by atoms with E-state index in [1.807, 2.05) is 16.7 Å². The number of nitrogens with zero attached hydrogens (tertiary/aromatic N) is 2. The minimum atomic E-state index is 0.117. The van der Waals surface area contributed by atoms with Crippen LogP contribution in [0.1, 0.15) is 23.7 Å². The first-order chi connectivity index (χ1) is 8.20. The molecule has 0 spiro atoms. The van der Waals surface area contributed by atoms with E-state index in [9.17, 15) is 4.79 Å². The lowest BCUT2D eigenvalue weighted by atomic mass is 10.2. The maximum Gasteiger partial charge on any atom is 0.254 e. The Morgan fingerprint density at radius 2 is 2.53 bits per heavy atom. The zero-order valence-electron chi connectivity index (χ0n) is 9.73. The first-order valence-corrected chi connectivity index (χ1v) is 7.57. The Hall–Kier alpha value is -0.550. The van der Waals surface area contributed by atoms with Gasteiger partial charge in [-0.15, -0.1) is 0 Å². The Morgan fingerprint density at radius 3 is 3.24 bits per heavy atom. The van der Waals surface area contributed by atoms with Crippen LogP contribution in [-0.4, -0.2) is 39.9 Å². The SMILES string of the molecule is CCC1CN(C(=O)c2ccnc(Br)c2)CCS1. The molecule has 0 aromatic carbocycles. The monoisotopic (exact) mass is 314 g/mol. The van der Waals surface area contributed by atoms with Gasteiger partial charge < -0.3 is 4.90 Å². The van der Waals surface area contributed by atoms with E-state index in [4.69, 9.17) is 0 Å². The molecule has 0 N–H and O–H groups in total. The fraction of sp³-hybridized carbons (Fsp3) is 0.500. The van der Waals surface area contributed by atoms with Crippen molar-refractivity contribution in [3.05, 3.63) is 28.5 Å². The second-order valence-corrected chi connectivity index (χ2v) is 6.24. The summed E-state index contributed by atoms with van der Waals surface area (Å²) in [5.74, 6) is 1.16. The second kappa shape index (κ2) is 5.87. The minimum Gasteiger partial charge on any atom is -0.337 e. The minimum absolute atomic E-state index is 0.117. The number of amides is 1. The highest BCUT2D eigenvalue weighted by molar-refractivity contribution is 9.10. The number of hydrogen-bond donors (Lipinski definition) is 0. The number of carbonyl (C=O) groups excluding carboxylic acids is 1. The van der Waals surface area contributed by atoms with Crippen LogP contribution in [0.3, 0.4) is 0 Å². The van der Waals surface area contributed by atoms with Gasteiger partial charge in [-0.2, -0.15) is 11.8 Å². The van der Waals surface area contributed by atoms with Gasteiger partial charge in [0.15, 0.2) is 0 Å². The van der Waals surface area contributed by atoms with Gasteiger partial charge in [0.25, 0.3) is 5.91 Å². The highest BCUT2D eigenvalue weighted by atomic mass is 79.9. The van der Waals surface area contributed by atoms with Gasteiger partial charge in [0.05, 0.1) is 0 Å². The third kappa shape index (κ3) is 3.22. The predicted octanol–water partition coefficient (Wildman–Crippen LogP) is 2.81. The molecule has 0 saturated carbocycles. The summed E-state index contributed by atoms with van der Waals surface area (Å²) < 4.78 is 0.710. The molecule has 1 aromatic heterocycles. The van der Waals surface area contributed by atoms with Crippen molar-refractivity contribution in [2.75, 3.05) is 18.8 Å². The van der Waals surface area contributed by atoms with Gasteiger partial charge in [0.1, 0.15) is 4.60 Å². The topological polar surface area (TPSA) is 33.2 Å². The van der Waals surface area contributed by atoms with Gasteiger partial charge in [-0.3, -0.25) is 4.79 Å². The van der Waals surface area contributed by atoms with Gasteiger partial charge in [-0.25, -0.2) is 4.98 Å². The van der Waals surface area contributed by atoms with Crippen molar-refractivity contribution in [3.8, 4) is 0 Å². The van der Waals surface area contributed by atoms with E-state index in [0.29, 0.717) is 15.4 Å². The summed E-state index contributed by atoms with van der Waals surface area (Å²) in [6.45, 7) is 3.88. The quantitative estimate of drug-likeness (QED) is 0.787. The molecule has 1 aliphatic heterocycles. The summed E-state index contributed by atoms with van der Waals surface area (Å²) >= 11 is 5.26. The number of rotatable bonds is 2. The molecule has 0 aliphatic carbocycles. The summed E-state index contributed by atoms with van der Waals surface area (Å²) in [6, 6.07) is 3.56. The lowest BCUT2D eigenvalue weighted by Gasteiger charge is -2.32.